The minimum absolute atomic E-state index is 0.0714. The van der Waals surface area contributed by atoms with Crippen LogP contribution in [0.2, 0.25) is 0 Å². The van der Waals surface area contributed by atoms with E-state index in [-0.39, 0.29) is 5.69 Å². The fourth-order valence-corrected chi connectivity index (χ4v) is 1.89. The number of H-pyrrole nitrogens is 1. The van der Waals surface area contributed by atoms with Crippen LogP contribution in [0.5, 0.6) is 0 Å². The molecule has 1 heterocycles. The third kappa shape index (κ3) is 3.90. The van der Waals surface area contributed by atoms with Gasteiger partial charge >= 0.3 is 5.97 Å². The van der Waals surface area contributed by atoms with E-state index < -0.39 is 10.9 Å². The number of non-ortho nitro benzene ring substituents is 1. The van der Waals surface area contributed by atoms with Crippen LogP contribution in [0.25, 0.3) is 0 Å². The van der Waals surface area contributed by atoms with Crippen molar-refractivity contribution in [3.63, 3.8) is 0 Å². The molecule has 0 unspecified atom stereocenters. The summed E-state index contributed by atoms with van der Waals surface area (Å²) in [5.41, 5.74) is 2.12. The van der Waals surface area contributed by atoms with Crippen LogP contribution in [-0.2, 0) is 17.8 Å². The lowest BCUT2D eigenvalue weighted by Gasteiger charge is -2.03. The second-order valence-corrected chi connectivity index (χ2v) is 4.42. The summed E-state index contributed by atoms with van der Waals surface area (Å²) in [4.78, 5) is 24.5. The second-order valence-electron chi connectivity index (χ2n) is 4.42. The van der Waals surface area contributed by atoms with E-state index in [0.717, 1.165) is 11.3 Å². The van der Waals surface area contributed by atoms with Crippen LogP contribution in [0.3, 0.4) is 0 Å². The fourth-order valence-electron chi connectivity index (χ4n) is 1.89. The molecule has 0 fully saturated rings. The number of esters is 1. The topological polar surface area (TPSA) is 97.3 Å². The molecule has 7 nitrogen and oxygen atoms in total. The maximum atomic E-state index is 11.3. The molecular weight excluding hydrogens is 274 g/mol. The standard InChI is InChI=1S/C14H15N3O4/c1-21-14(18)13-6-5-11(16-13)9-15-8-10-3-2-4-12(7-10)17(19)20/h2-7,15-16H,8-9H2,1H3. The third-order valence-electron chi connectivity index (χ3n) is 2.92. The van der Waals surface area contributed by atoms with Gasteiger partial charge < -0.3 is 15.0 Å². The highest BCUT2D eigenvalue weighted by Crippen LogP contribution is 2.13. The molecule has 2 N–H and O–H groups in total. The Kier molecular flexibility index (Phi) is 4.68. The Labute approximate surface area is 121 Å². The van der Waals surface area contributed by atoms with Crippen molar-refractivity contribution < 1.29 is 14.5 Å². The van der Waals surface area contributed by atoms with Gasteiger partial charge in [-0.2, -0.15) is 0 Å². The van der Waals surface area contributed by atoms with E-state index >= 15 is 0 Å². The van der Waals surface area contributed by atoms with Gasteiger partial charge in [-0.05, 0) is 17.7 Å². The van der Waals surface area contributed by atoms with E-state index in [1.165, 1.54) is 19.2 Å². The first-order chi connectivity index (χ1) is 10.1. The number of nitro groups is 1. The largest absolute Gasteiger partial charge is 0.464 e. The second kappa shape index (κ2) is 6.67. The normalized spacial score (nSPS) is 10.3. The molecule has 0 atom stereocenters. The molecule has 0 saturated carbocycles. The maximum absolute atomic E-state index is 11.3. The van der Waals surface area contributed by atoms with Gasteiger partial charge in [0.1, 0.15) is 5.69 Å². The Morgan fingerprint density at radius 2 is 2.14 bits per heavy atom. The van der Waals surface area contributed by atoms with Crippen LogP contribution in [0.15, 0.2) is 36.4 Å². The van der Waals surface area contributed by atoms with Gasteiger partial charge in [-0.3, -0.25) is 10.1 Å². The molecule has 0 amide bonds. The number of nitrogens with one attached hydrogen (secondary N) is 2. The lowest BCUT2D eigenvalue weighted by Crippen LogP contribution is -2.13. The van der Waals surface area contributed by atoms with Gasteiger partial charge in [0, 0.05) is 30.9 Å². The summed E-state index contributed by atoms with van der Waals surface area (Å²) in [6, 6.07) is 9.88. The number of aromatic amines is 1. The van der Waals surface area contributed by atoms with E-state index in [4.69, 9.17) is 0 Å². The molecule has 0 aliphatic rings. The zero-order valence-electron chi connectivity index (χ0n) is 11.5. The van der Waals surface area contributed by atoms with Crippen LogP contribution >= 0.6 is 0 Å². The van der Waals surface area contributed by atoms with Crippen LogP contribution in [-0.4, -0.2) is 23.0 Å². The Balaban J connectivity index is 1.89. The number of nitro benzene ring substituents is 1. The molecule has 0 aliphatic heterocycles. The molecule has 1 aromatic carbocycles. The van der Waals surface area contributed by atoms with E-state index in [1.54, 1.807) is 18.2 Å². The van der Waals surface area contributed by atoms with E-state index in [1.807, 2.05) is 6.07 Å². The Morgan fingerprint density at radius 3 is 2.86 bits per heavy atom. The third-order valence-corrected chi connectivity index (χ3v) is 2.92. The molecule has 0 spiro atoms. The first-order valence-corrected chi connectivity index (χ1v) is 6.30. The summed E-state index contributed by atoms with van der Waals surface area (Å²) in [6.45, 7) is 1.01. The van der Waals surface area contributed by atoms with Crippen LogP contribution in [0.1, 0.15) is 21.7 Å². The highest BCUT2D eigenvalue weighted by atomic mass is 16.6. The lowest BCUT2D eigenvalue weighted by atomic mass is 10.2. The van der Waals surface area contributed by atoms with Gasteiger partial charge in [-0.1, -0.05) is 12.1 Å². The Bertz CT molecular complexity index is 651. The number of carbonyl (C=O) groups is 1. The number of rotatable bonds is 6. The average molecular weight is 289 g/mol. The van der Waals surface area contributed by atoms with E-state index in [2.05, 4.69) is 15.0 Å². The molecule has 0 saturated heterocycles. The van der Waals surface area contributed by atoms with Gasteiger partial charge in [-0.25, -0.2) is 4.79 Å². The first kappa shape index (κ1) is 14.7. The number of hydrogen-bond acceptors (Lipinski definition) is 5. The molecule has 0 radical (unpaired) electrons. The maximum Gasteiger partial charge on any atom is 0.354 e. The van der Waals surface area contributed by atoms with Crippen molar-refractivity contribution in [3.05, 3.63) is 63.5 Å². The summed E-state index contributed by atoms with van der Waals surface area (Å²) in [5.74, 6) is -0.417. The molecule has 21 heavy (non-hydrogen) atoms. The SMILES string of the molecule is COC(=O)c1ccc(CNCc2cccc([N+](=O)[O-])c2)[nH]1. The number of ether oxygens (including phenoxy) is 1. The van der Waals surface area contributed by atoms with Crippen molar-refractivity contribution >= 4 is 11.7 Å². The highest BCUT2D eigenvalue weighted by molar-refractivity contribution is 5.87. The molecular formula is C14H15N3O4. The van der Waals surface area contributed by atoms with Crippen LogP contribution < -0.4 is 5.32 Å². The average Bonchev–Trinajstić information content (AvgIpc) is 2.95. The van der Waals surface area contributed by atoms with E-state index in [9.17, 15) is 14.9 Å². The smallest absolute Gasteiger partial charge is 0.354 e. The lowest BCUT2D eigenvalue weighted by molar-refractivity contribution is -0.384. The van der Waals surface area contributed by atoms with Crippen molar-refractivity contribution in [1.82, 2.24) is 10.3 Å². The quantitative estimate of drug-likeness (QED) is 0.481. The van der Waals surface area contributed by atoms with Gasteiger partial charge in [-0.15, -0.1) is 0 Å². The molecule has 2 rings (SSSR count). The number of benzene rings is 1. The van der Waals surface area contributed by atoms with Gasteiger partial charge in [0.25, 0.3) is 5.69 Å². The number of aromatic nitrogens is 1. The van der Waals surface area contributed by atoms with Crippen molar-refractivity contribution in [3.8, 4) is 0 Å². The predicted molar refractivity (Wildman–Crippen MR) is 75.8 cm³/mol. The number of nitrogens with zero attached hydrogens (tertiary/aromatic N) is 1. The predicted octanol–water partition coefficient (Wildman–Crippen LogP) is 2.00. The van der Waals surface area contributed by atoms with Gasteiger partial charge in [0.15, 0.2) is 0 Å². The van der Waals surface area contributed by atoms with Crippen LogP contribution in [0.4, 0.5) is 5.69 Å². The summed E-state index contributed by atoms with van der Waals surface area (Å²) >= 11 is 0. The molecule has 2 aromatic rings. The first-order valence-electron chi connectivity index (χ1n) is 6.30. The van der Waals surface area contributed by atoms with E-state index in [0.29, 0.717) is 18.8 Å². The molecule has 1 aromatic heterocycles. The monoisotopic (exact) mass is 289 g/mol. The molecule has 0 aliphatic carbocycles. The summed E-state index contributed by atoms with van der Waals surface area (Å²) in [7, 11) is 1.32. The Hall–Kier alpha value is -2.67. The number of hydrogen-bond donors (Lipinski definition) is 2. The number of methoxy groups -OCH3 is 1. The summed E-state index contributed by atoms with van der Waals surface area (Å²) in [5, 5.41) is 13.8. The van der Waals surface area contributed by atoms with Gasteiger partial charge in [0.2, 0.25) is 0 Å². The van der Waals surface area contributed by atoms with Crippen molar-refractivity contribution in [2.75, 3.05) is 7.11 Å². The highest BCUT2D eigenvalue weighted by Gasteiger charge is 2.08. The molecule has 0 bridgehead atoms. The number of carbonyl (C=O) groups excluding carboxylic acids is 1. The zero-order chi connectivity index (χ0) is 15.2. The fraction of sp³-hybridized carbons (Fsp3) is 0.214. The van der Waals surface area contributed by atoms with Crippen molar-refractivity contribution in [1.29, 1.82) is 0 Å². The van der Waals surface area contributed by atoms with Crippen LogP contribution in [0, 0.1) is 10.1 Å². The summed E-state index contributed by atoms with van der Waals surface area (Å²) in [6.07, 6.45) is 0. The van der Waals surface area contributed by atoms with Gasteiger partial charge in [0.05, 0.1) is 12.0 Å². The minimum atomic E-state index is -0.420. The molecule has 110 valence electrons. The zero-order valence-corrected chi connectivity index (χ0v) is 11.5. The Morgan fingerprint density at radius 1 is 1.33 bits per heavy atom. The molecule has 7 heteroatoms. The van der Waals surface area contributed by atoms with Crippen molar-refractivity contribution in [2.24, 2.45) is 0 Å². The van der Waals surface area contributed by atoms with Crippen molar-refractivity contribution in [2.45, 2.75) is 13.1 Å². The summed E-state index contributed by atoms with van der Waals surface area (Å²) < 4.78 is 4.60. The minimum Gasteiger partial charge on any atom is -0.464 e.